The van der Waals surface area contributed by atoms with Gasteiger partial charge in [0.1, 0.15) is 0 Å². The van der Waals surface area contributed by atoms with Crippen LogP contribution in [0.1, 0.15) is 34.1 Å². The van der Waals surface area contributed by atoms with E-state index >= 15 is 0 Å². The van der Waals surface area contributed by atoms with E-state index in [1.54, 1.807) is 0 Å². The lowest BCUT2D eigenvalue weighted by Gasteiger charge is -2.37. The highest BCUT2D eigenvalue weighted by Crippen LogP contribution is 2.37. The molecule has 0 saturated carbocycles. The van der Waals surface area contributed by atoms with Gasteiger partial charge in [-0.15, -0.1) is 0 Å². The predicted octanol–water partition coefficient (Wildman–Crippen LogP) is 3.43. The van der Waals surface area contributed by atoms with Crippen LogP contribution in [0.3, 0.4) is 0 Å². The molecule has 0 amide bonds. The molecule has 1 heterocycles. The normalized spacial score (nSPS) is 28.4. The molecule has 0 radical (unpaired) electrons. The minimum Gasteiger partial charge on any atom is -0.414 e. The Balaban J connectivity index is 2.42. The maximum atomic E-state index is 6.16. The second-order valence-electron chi connectivity index (χ2n) is 6.25. The van der Waals surface area contributed by atoms with E-state index in [0.29, 0.717) is 17.1 Å². The zero-order valence-corrected chi connectivity index (χ0v) is 12.1. The van der Waals surface area contributed by atoms with Gasteiger partial charge in [0.25, 0.3) is 0 Å². The zero-order chi connectivity index (χ0) is 11.7. The third kappa shape index (κ3) is 3.30. The Bertz CT molecular complexity index is 208. The summed E-state index contributed by atoms with van der Waals surface area (Å²) in [5.41, 5.74) is 0. The molecule has 1 unspecified atom stereocenters. The molecule has 1 rings (SSSR count). The summed E-state index contributed by atoms with van der Waals surface area (Å²) in [5, 5.41) is 0.300. The van der Waals surface area contributed by atoms with Crippen LogP contribution in [0.15, 0.2) is 0 Å². The summed E-state index contributed by atoms with van der Waals surface area (Å²) in [6.07, 6.45) is 1.52. The molecular formula is C12H26O2Si. The molecular weight excluding hydrogens is 204 g/mol. The van der Waals surface area contributed by atoms with Gasteiger partial charge in [0.05, 0.1) is 12.7 Å². The first-order chi connectivity index (χ1) is 6.74. The number of rotatable bonds is 3. The van der Waals surface area contributed by atoms with Crippen LogP contribution in [0.25, 0.3) is 0 Å². The molecule has 0 aromatic heterocycles. The van der Waals surface area contributed by atoms with E-state index in [0.717, 1.165) is 13.2 Å². The Morgan fingerprint density at radius 3 is 2.33 bits per heavy atom. The number of ether oxygens (including phenoxy) is 1. The molecule has 0 aliphatic carbocycles. The van der Waals surface area contributed by atoms with Crippen LogP contribution in [0, 0.1) is 5.92 Å². The van der Waals surface area contributed by atoms with Gasteiger partial charge in [-0.3, -0.25) is 0 Å². The fourth-order valence-electron chi connectivity index (χ4n) is 1.47. The van der Waals surface area contributed by atoms with Gasteiger partial charge in [-0.1, -0.05) is 27.7 Å². The highest BCUT2D eigenvalue weighted by molar-refractivity contribution is 6.74. The SMILES string of the molecule is CC1CCO[C@@H]1CO[Si](C)(C)C(C)(C)C. The molecule has 0 bridgehead atoms. The van der Waals surface area contributed by atoms with E-state index in [1.165, 1.54) is 6.42 Å². The molecule has 1 fully saturated rings. The molecule has 1 aliphatic heterocycles. The van der Waals surface area contributed by atoms with Crippen molar-refractivity contribution in [2.75, 3.05) is 13.2 Å². The van der Waals surface area contributed by atoms with Crippen LogP contribution in [0.2, 0.25) is 18.1 Å². The highest BCUT2D eigenvalue weighted by Gasteiger charge is 2.38. The molecule has 2 atom stereocenters. The first-order valence-corrected chi connectivity index (χ1v) is 8.90. The average molecular weight is 230 g/mol. The minimum absolute atomic E-state index is 0.300. The van der Waals surface area contributed by atoms with Gasteiger partial charge in [0.15, 0.2) is 8.32 Å². The molecule has 2 nitrogen and oxygen atoms in total. The van der Waals surface area contributed by atoms with Crippen molar-refractivity contribution in [1.82, 2.24) is 0 Å². The van der Waals surface area contributed by atoms with Gasteiger partial charge < -0.3 is 9.16 Å². The van der Waals surface area contributed by atoms with Crippen molar-refractivity contribution in [3.05, 3.63) is 0 Å². The molecule has 0 N–H and O–H groups in total. The molecule has 15 heavy (non-hydrogen) atoms. The largest absolute Gasteiger partial charge is 0.414 e. The van der Waals surface area contributed by atoms with Crippen LogP contribution >= 0.6 is 0 Å². The van der Waals surface area contributed by atoms with Gasteiger partial charge in [0.2, 0.25) is 0 Å². The van der Waals surface area contributed by atoms with Crippen LogP contribution in [-0.2, 0) is 9.16 Å². The van der Waals surface area contributed by atoms with E-state index in [-0.39, 0.29) is 0 Å². The average Bonchev–Trinajstić information content (AvgIpc) is 2.46. The monoisotopic (exact) mass is 230 g/mol. The fourth-order valence-corrected chi connectivity index (χ4v) is 2.49. The summed E-state index contributed by atoms with van der Waals surface area (Å²) < 4.78 is 11.8. The smallest absolute Gasteiger partial charge is 0.192 e. The first-order valence-electron chi connectivity index (χ1n) is 5.99. The van der Waals surface area contributed by atoms with Gasteiger partial charge in [0, 0.05) is 6.61 Å². The van der Waals surface area contributed by atoms with Crippen LogP contribution in [0.5, 0.6) is 0 Å². The molecule has 0 aromatic rings. The number of hydrogen-bond donors (Lipinski definition) is 0. The third-order valence-electron chi connectivity index (χ3n) is 3.95. The van der Waals surface area contributed by atoms with Crippen LogP contribution in [-0.4, -0.2) is 27.6 Å². The van der Waals surface area contributed by atoms with E-state index < -0.39 is 8.32 Å². The Kier molecular flexibility index (Phi) is 4.01. The van der Waals surface area contributed by atoms with Gasteiger partial charge in [-0.25, -0.2) is 0 Å². The highest BCUT2D eigenvalue weighted by atomic mass is 28.4. The van der Waals surface area contributed by atoms with Crippen LogP contribution in [0.4, 0.5) is 0 Å². The minimum atomic E-state index is -1.58. The van der Waals surface area contributed by atoms with Crippen molar-refractivity contribution in [2.24, 2.45) is 5.92 Å². The zero-order valence-electron chi connectivity index (χ0n) is 11.1. The lowest BCUT2D eigenvalue weighted by atomic mass is 10.1. The second-order valence-corrected chi connectivity index (χ2v) is 11.1. The Morgan fingerprint density at radius 2 is 1.93 bits per heavy atom. The predicted molar refractivity (Wildman–Crippen MR) is 66.7 cm³/mol. The van der Waals surface area contributed by atoms with E-state index in [2.05, 4.69) is 40.8 Å². The van der Waals surface area contributed by atoms with Crippen molar-refractivity contribution in [3.63, 3.8) is 0 Å². The fraction of sp³-hybridized carbons (Fsp3) is 1.00. The van der Waals surface area contributed by atoms with Crippen molar-refractivity contribution in [3.8, 4) is 0 Å². The summed E-state index contributed by atoms with van der Waals surface area (Å²) in [6.45, 7) is 15.4. The standard InChI is InChI=1S/C12H26O2Si/c1-10-7-8-13-11(10)9-14-15(5,6)12(2,3)4/h10-11H,7-9H2,1-6H3/t10?,11-/m1/s1. The van der Waals surface area contributed by atoms with Crippen molar-refractivity contribution in [1.29, 1.82) is 0 Å². The van der Waals surface area contributed by atoms with Gasteiger partial charge in [-0.05, 0) is 30.5 Å². The first kappa shape index (κ1) is 13.2. The summed E-state index contributed by atoms with van der Waals surface area (Å²) in [6, 6.07) is 0. The summed E-state index contributed by atoms with van der Waals surface area (Å²) in [5.74, 6) is 0.662. The van der Waals surface area contributed by atoms with E-state index in [4.69, 9.17) is 9.16 Å². The Morgan fingerprint density at radius 1 is 1.33 bits per heavy atom. The molecule has 3 heteroatoms. The second kappa shape index (κ2) is 4.56. The quantitative estimate of drug-likeness (QED) is 0.692. The molecule has 0 aromatic carbocycles. The maximum absolute atomic E-state index is 6.16. The summed E-state index contributed by atoms with van der Waals surface area (Å²) >= 11 is 0. The number of hydrogen-bond acceptors (Lipinski definition) is 2. The van der Waals surface area contributed by atoms with Crippen LogP contribution < -0.4 is 0 Å². The van der Waals surface area contributed by atoms with Gasteiger partial charge in [-0.2, -0.15) is 0 Å². The Labute approximate surface area is 95.5 Å². The van der Waals surface area contributed by atoms with Crippen molar-refractivity contribution in [2.45, 2.75) is 58.4 Å². The van der Waals surface area contributed by atoms with Gasteiger partial charge >= 0.3 is 0 Å². The molecule has 0 spiro atoms. The summed E-state index contributed by atoms with van der Waals surface area (Å²) in [4.78, 5) is 0. The van der Waals surface area contributed by atoms with E-state index in [1.807, 2.05) is 0 Å². The molecule has 1 saturated heterocycles. The summed E-state index contributed by atoms with van der Waals surface area (Å²) in [7, 11) is -1.58. The topological polar surface area (TPSA) is 18.5 Å². The van der Waals surface area contributed by atoms with Crippen molar-refractivity contribution >= 4 is 8.32 Å². The molecule has 1 aliphatic rings. The third-order valence-corrected chi connectivity index (χ3v) is 8.46. The molecule has 90 valence electrons. The van der Waals surface area contributed by atoms with Crippen molar-refractivity contribution < 1.29 is 9.16 Å². The lowest BCUT2D eigenvalue weighted by Crippen LogP contribution is -2.43. The van der Waals surface area contributed by atoms with E-state index in [9.17, 15) is 0 Å². The Hall–Kier alpha value is 0.137. The lowest BCUT2D eigenvalue weighted by molar-refractivity contribution is 0.0470. The maximum Gasteiger partial charge on any atom is 0.192 e.